The minimum absolute atomic E-state index is 0.536. The Kier molecular flexibility index (Phi) is 4.06. The molecule has 2 rings (SSSR count). The molecule has 88 valence electrons. The minimum atomic E-state index is -0.536. The summed E-state index contributed by atoms with van der Waals surface area (Å²) in [6.07, 6.45) is 0.00748. The van der Waals surface area contributed by atoms with Crippen LogP contribution in [0.5, 0.6) is 0 Å². The highest BCUT2D eigenvalue weighted by Crippen LogP contribution is 2.21. The van der Waals surface area contributed by atoms with Gasteiger partial charge in [-0.05, 0) is 35.4 Å². The van der Waals surface area contributed by atoms with Gasteiger partial charge in [0.2, 0.25) is 0 Å². The van der Waals surface area contributed by atoms with Crippen molar-refractivity contribution in [2.75, 3.05) is 0 Å². The van der Waals surface area contributed by atoms with Gasteiger partial charge in [0, 0.05) is 16.5 Å². The average Bonchev–Trinajstić information content (AvgIpc) is 2.29. The summed E-state index contributed by atoms with van der Waals surface area (Å²) in [5, 5.41) is 11.4. The van der Waals surface area contributed by atoms with E-state index in [0.717, 1.165) is 11.1 Å². The first-order valence-corrected chi connectivity index (χ1v) is 6.09. The summed E-state index contributed by atoms with van der Waals surface area (Å²) in [6, 6.07) is 14.7. The highest BCUT2D eigenvalue weighted by Gasteiger charge is 2.08. The van der Waals surface area contributed by atoms with E-state index in [4.69, 9.17) is 23.2 Å². The van der Waals surface area contributed by atoms with E-state index in [1.54, 1.807) is 12.1 Å². The van der Waals surface area contributed by atoms with Gasteiger partial charge in [-0.1, -0.05) is 47.5 Å². The molecule has 0 saturated heterocycles. The van der Waals surface area contributed by atoms with E-state index in [2.05, 4.69) is 0 Å². The minimum Gasteiger partial charge on any atom is -0.388 e. The van der Waals surface area contributed by atoms with E-state index in [1.807, 2.05) is 36.4 Å². The van der Waals surface area contributed by atoms with Crippen LogP contribution in [0.2, 0.25) is 10.0 Å². The van der Waals surface area contributed by atoms with Crippen LogP contribution in [-0.2, 0) is 6.42 Å². The lowest BCUT2D eigenvalue weighted by atomic mass is 10.0. The zero-order valence-electron chi connectivity index (χ0n) is 9.11. The van der Waals surface area contributed by atoms with Gasteiger partial charge in [-0.2, -0.15) is 0 Å². The SMILES string of the molecule is OC(Cc1cccc(Cl)c1)c1ccc(Cl)cc1. The molecule has 1 atom stereocenters. The molecule has 0 saturated carbocycles. The second-order valence-electron chi connectivity index (χ2n) is 3.90. The topological polar surface area (TPSA) is 20.2 Å². The number of hydrogen-bond donors (Lipinski definition) is 1. The molecule has 0 heterocycles. The summed E-state index contributed by atoms with van der Waals surface area (Å²) in [6.45, 7) is 0. The maximum atomic E-state index is 10.1. The first kappa shape index (κ1) is 12.4. The summed E-state index contributed by atoms with van der Waals surface area (Å²) >= 11 is 11.7. The zero-order chi connectivity index (χ0) is 12.3. The van der Waals surface area contributed by atoms with Crippen molar-refractivity contribution in [2.24, 2.45) is 0 Å². The molecule has 1 N–H and O–H groups in total. The normalized spacial score (nSPS) is 12.4. The van der Waals surface area contributed by atoms with E-state index in [1.165, 1.54) is 0 Å². The quantitative estimate of drug-likeness (QED) is 0.880. The lowest BCUT2D eigenvalue weighted by Crippen LogP contribution is -2.01. The van der Waals surface area contributed by atoms with E-state index in [9.17, 15) is 5.11 Å². The fourth-order valence-corrected chi connectivity index (χ4v) is 2.03. The number of benzene rings is 2. The van der Waals surface area contributed by atoms with Crippen molar-refractivity contribution in [2.45, 2.75) is 12.5 Å². The number of aliphatic hydroxyl groups excluding tert-OH is 1. The first-order valence-electron chi connectivity index (χ1n) is 5.33. The van der Waals surface area contributed by atoms with Crippen molar-refractivity contribution >= 4 is 23.2 Å². The van der Waals surface area contributed by atoms with Crippen molar-refractivity contribution in [3.63, 3.8) is 0 Å². The van der Waals surface area contributed by atoms with Crippen LogP contribution < -0.4 is 0 Å². The lowest BCUT2D eigenvalue weighted by molar-refractivity contribution is 0.178. The number of aliphatic hydroxyl groups is 1. The molecule has 0 aromatic heterocycles. The second kappa shape index (κ2) is 5.54. The Bertz CT molecular complexity index is 494. The fraction of sp³-hybridized carbons (Fsp3) is 0.143. The van der Waals surface area contributed by atoms with Crippen molar-refractivity contribution in [3.05, 3.63) is 69.7 Å². The Labute approximate surface area is 111 Å². The van der Waals surface area contributed by atoms with Gasteiger partial charge in [0.25, 0.3) is 0 Å². The van der Waals surface area contributed by atoms with Crippen molar-refractivity contribution in [1.82, 2.24) is 0 Å². The molecule has 0 bridgehead atoms. The van der Waals surface area contributed by atoms with Gasteiger partial charge in [-0.15, -0.1) is 0 Å². The molecule has 1 unspecified atom stereocenters. The summed E-state index contributed by atoms with van der Waals surface area (Å²) in [5.41, 5.74) is 1.87. The maximum absolute atomic E-state index is 10.1. The third kappa shape index (κ3) is 3.47. The largest absolute Gasteiger partial charge is 0.388 e. The van der Waals surface area contributed by atoms with E-state index >= 15 is 0 Å². The molecular weight excluding hydrogens is 255 g/mol. The molecule has 1 nitrogen and oxygen atoms in total. The van der Waals surface area contributed by atoms with E-state index in [-0.39, 0.29) is 0 Å². The van der Waals surface area contributed by atoms with Crippen LogP contribution in [0.1, 0.15) is 17.2 Å². The monoisotopic (exact) mass is 266 g/mol. The highest BCUT2D eigenvalue weighted by atomic mass is 35.5. The van der Waals surface area contributed by atoms with Gasteiger partial charge < -0.3 is 5.11 Å². The Morgan fingerprint density at radius 2 is 1.65 bits per heavy atom. The zero-order valence-corrected chi connectivity index (χ0v) is 10.6. The number of rotatable bonds is 3. The first-order chi connectivity index (χ1) is 8.15. The van der Waals surface area contributed by atoms with E-state index < -0.39 is 6.10 Å². The van der Waals surface area contributed by atoms with Gasteiger partial charge in [0.15, 0.2) is 0 Å². The molecule has 0 aliphatic carbocycles. The van der Waals surface area contributed by atoms with Crippen LogP contribution in [0.3, 0.4) is 0 Å². The summed E-state index contributed by atoms with van der Waals surface area (Å²) in [7, 11) is 0. The Morgan fingerprint density at radius 3 is 2.29 bits per heavy atom. The van der Waals surface area contributed by atoms with Gasteiger partial charge in [-0.3, -0.25) is 0 Å². The molecule has 0 aliphatic heterocycles. The van der Waals surface area contributed by atoms with Gasteiger partial charge in [0.1, 0.15) is 0 Å². The van der Waals surface area contributed by atoms with Crippen LogP contribution in [-0.4, -0.2) is 5.11 Å². The van der Waals surface area contributed by atoms with Crippen LogP contribution >= 0.6 is 23.2 Å². The summed E-state index contributed by atoms with van der Waals surface area (Å²) < 4.78 is 0. The average molecular weight is 267 g/mol. The number of halogens is 2. The highest BCUT2D eigenvalue weighted by molar-refractivity contribution is 6.30. The molecule has 0 radical (unpaired) electrons. The lowest BCUT2D eigenvalue weighted by Gasteiger charge is -2.11. The molecule has 17 heavy (non-hydrogen) atoms. The Morgan fingerprint density at radius 1 is 0.941 bits per heavy atom. The standard InChI is InChI=1S/C14H12Cl2O/c15-12-6-4-11(5-7-12)14(17)9-10-2-1-3-13(16)8-10/h1-8,14,17H,9H2. The van der Waals surface area contributed by atoms with Crippen molar-refractivity contribution in [1.29, 1.82) is 0 Å². The van der Waals surface area contributed by atoms with E-state index in [0.29, 0.717) is 16.5 Å². The van der Waals surface area contributed by atoms with Crippen LogP contribution in [0.15, 0.2) is 48.5 Å². The summed E-state index contributed by atoms with van der Waals surface area (Å²) in [4.78, 5) is 0. The molecule has 2 aromatic carbocycles. The van der Waals surface area contributed by atoms with Gasteiger partial charge in [0.05, 0.1) is 6.10 Å². The van der Waals surface area contributed by atoms with Crippen LogP contribution in [0, 0.1) is 0 Å². The smallest absolute Gasteiger partial charge is 0.0830 e. The Balaban J connectivity index is 2.11. The molecule has 0 spiro atoms. The third-order valence-electron chi connectivity index (χ3n) is 2.57. The molecule has 2 aromatic rings. The predicted octanol–water partition coefficient (Wildman–Crippen LogP) is 4.27. The molecule has 0 fully saturated rings. The third-order valence-corrected chi connectivity index (χ3v) is 3.06. The Hall–Kier alpha value is -1.02. The van der Waals surface area contributed by atoms with Crippen molar-refractivity contribution < 1.29 is 5.11 Å². The van der Waals surface area contributed by atoms with Crippen LogP contribution in [0.25, 0.3) is 0 Å². The van der Waals surface area contributed by atoms with Crippen LogP contribution in [0.4, 0.5) is 0 Å². The van der Waals surface area contributed by atoms with Gasteiger partial charge in [-0.25, -0.2) is 0 Å². The van der Waals surface area contributed by atoms with Gasteiger partial charge >= 0.3 is 0 Å². The maximum Gasteiger partial charge on any atom is 0.0830 e. The van der Waals surface area contributed by atoms with Crippen molar-refractivity contribution in [3.8, 4) is 0 Å². The second-order valence-corrected chi connectivity index (χ2v) is 4.77. The molecular formula is C14H12Cl2O. The number of hydrogen-bond acceptors (Lipinski definition) is 1. The fourth-order valence-electron chi connectivity index (χ4n) is 1.69. The predicted molar refractivity (Wildman–Crippen MR) is 71.6 cm³/mol. The molecule has 0 amide bonds. The molecule has 3 heteroatoms. The molecule has 0 aliphatic rings. The summed E-state index contributed by atoms with van der Waals surface area (Å²) in [5.74, 6) is 0.